The van der Waals surface area contributed by atoms with Gasteiger partial charge in [0, 0.05) is 42.6 Å². The number of ether oxygens (including phenoxy) is 2. The molecule has 1 N–H and O–H groups in total. The molecule has 0 saturated carbocycles. The van der Waals surface area contributed by atoms with Gasteiger partial charge >= 0.3 is 5.97 Å². The molecule has 2 aromatic carbocycles. The van der Waals surface area contributed by atoms with Crippen molar-refractivity contribution in [3.8, 4) is 5.75 Å². The van der Waals surface area contributed by atoms with E-state index in [4.69, 9.17) is 9.47 Å². The molecule has 1 saturated heterocycles. The van der Waals surface area contributed by atoms with Gasteiger partial charge in [0.1, 0.15) is 17.3 Å². The zero-order valence-electron chi connectivity index (χ0n) is 19.7. The lowest BCUT2D eigenvalue weighted by molar-refractivity contribution is -0.139. The fourth-order valence-corrected chi connectivity index (χ4v) is 4.34. The van der Waals surface area contributed by atoms with Crippen LogP contribution in [0.1, 0.15) is 36.8 Å². The van der Waals surface area contributed by atoms with Gasteiger partial charge in [-0.1, -0.05) is 12.1 Å². The van der Waals surface area contributed by atoms with Crippen LogP contribution in [0.3, 0.4) is 0 Å². The maximum Gasteiger partial charge on any atom is 0.354 e. The van der Waals surface area contributed by atoms with Crippen LogP contribution in [0.5, 0.6) is 5.75 Å². The van der Waals surface area contributed by atoms with Crippen LogP contribution < -0.4 is 4.74 Å². The molecule has 0 aliphatic carbocycles. The number of piperazine rings is 1. The third-order valence-electron chi connectivity index (χ3n) is 6.18. The summed E-state index contributed by atoms with van der Waals surface area (Å²) >= 11 is 0. The number of halogens is 1. The molecular weight excluding hydrogens is 437 g/mol. The molecule has 0 bridgehead atoms. The topological polar surface area (TPSA) is 74.9 Å². The number of esters is 1. The summed E-state index contributed by atoms with van der Waals surface area (Å²) < 4.78 is 24.0. The number of aromatic amines is 1. The first-order valence-electron chi connectivity index (χ1n) is 11.5. The number of nitrogens with zero attached hydrogens (tertiary/aromatic N) is 2. The minimum atomic E-state index is -0.405. The zero-order valence-corrected chi connectivity index (χ0v) is 19.7. The van der Waals surface area contributed by atoms with Crippen LogP contribution >= 0.6 is 0 Å². The number of hydrogen-bond acceptors (Lipinski definition) is 5. The number of aromatic nitrogens is 1. The van der Waals surface area contributed by atoms with Crippen molar-refractivity contribution in [1.82, 2.24) is 14.8 Å². The number of H-pyrrole nitrogens is 1. The number of carbonyl (C=O) groups is 2. The number of rotatable bonds is 7. The second-order valence-electron chi connectivity index (χ2n) is 8.74. The van der Waals surface area contributed by atoms with Crippen molar-refractivity contribution in [2.24, 2.45) is 0 Å². The van der Waals surface area contributed by atoms with Gasteiger partial charge in [-0.25, -0.2) is 9.18 Å². The predicted octanol–water partition coefficient (Wildman–Crippen LogP) is 3.98. The highest BCUT2D eigenvalue weighted by Gasteiger charge is 2.32. The Kier molecular flexibility index (Phi) is 7.17. The standard InChI is InChI=1S/C26H30FN3O4/c1-4-33-26(32)24-12-20-11-22(9-10-23(20)28-24)34-16-25(31)30-14-17(2)29(13-18(30)3)15-19-5-7-21(27)8-6-19/h5-12,17-18,28H,4,13-16H2,1-3H3/t17-,18+/m0/s1. The number of hydrogen-bond donors (Lipinski definition) is 1. The van der Waals surface area contributed by atoms with Crippen LogP contribution in [-0.4, -0.2) is 65.0 Å². The normalized spacial score (nSPS) is 18.8. The summed E-state index contributed by atoms with van der Waals surface area (Å²) in [6.45, 7) is 8.19. The van der Waals surface area contributed by atoms with Crippen molar-refractivity contribution < 1.29 is 23.5 Å². The van der Waals surface area contributed by atoms with Crippen molar-refractivity contribution in [2.45, 2.75) is 39.4 Å². The second-order valence-corrected chi connectivity index (χ2v) is 8.74. The first kappa shape index (κ1) is 23.8. The van der Waals surface area contributed by atoms with E-state index < -0.39 is 5.97 Å². The minimum absolute atomic E-state index is 0.0343. The Morgan fingerprint density at radius 2 is 1.82 bits per heavy atom. The first-order valence-corrected chi connectivity index (χ1v) is 11.5. The van der Waals surface area contributed by atoms with Crippen molar-refractivity contribution in [3.05, 3.63) is 65.6 Å². The van der Waals surface area contributed by atoms with Gasteiger partial charge < -0.3 is 19.4 Å². The monoisotopic (exact) mass is 467 g/mol. The number of benzene rings is 2. The van der Waals surface area contributed by atoms with Gasteiger partial charge in [-0.15, -0.1) is 0 Å². The van der Waals surface area contributed by atoms with Crippen molar-refractivity contribution in [1.29, 1.82) is 0 Å². The van der Waals surface area contributed by atoms with Crippen LogP contribution in [-0.2, 0) is 16.1 Å². The molecule has 1 aromatic heterocycles. The predicted molar refractivity (Wildman–Crippen MR) is 127 cm³/mol. The summed E-state index contributed by atoms with van der Waals surface area (Å²) in [5, 5.41) is 0.810. The summed E-state index contributed by atoms with van der Waals surface area (Å²) in [7, 11) is 0. The van der Waals surface area contributed by atoms with Crippen molar-refractivity contribution in [2.75, 3.05) is 26.3 Å². The molecule has 4 rings (SSSR count). The molecule has 34 heavy (non-hydrogen) atoms. The molecule has 8 heteroatoms. The SMILES string of the molecule is CCOC(=O)c1cc2cc(OCC(=O)N3C[C@H](C)N(Cc4ccc(F)cc4)C[C@H]3C)ccc2[nH]1. The van der Waals surface area contributed by atoms with Crippen molar-refractivity contribution >= 4 is 22.8 Å². The Labute approximate surface area is 198 Å². The maximum atomic E-state index is 13.2. The molecule has 2 heterocycles. The fourth-order valence-electron chi connectivity index (χ4n) is 4.34. The molecule has 1 aliphatic heterocycles. The molecule has 1 aliphatic rings. The quantitative estimate of drug-likeness (QED) is 0.532. The smallest absolute Gasteiger partial charge is 0.354 e. The highest BCUT2D eigenvalue weighted by molar-refractivity contribution is 5.95. The minimum Gasteiger partial charge on any atom is -0.484 e. The Balaban J connectivity index is 1.34. The molecule has 0 unspecified atom stereocenters. The van der Waals surface area contributed by atoms with Gasteiger partial charge in [-0.05, 0) is 62.7 Å². The molecule has 1 amide bonds. The lowest BCUT2D eigenvalue weighted by Crippen LogP contribution is -2.58. The average Bonchev–Trinajstić information content (AvgIpc) is 3.25. The third kappa shape index (κ3) is 5.39. The largest absolute Gasteiger partial charge is 0.484 e. The third-order valence-corrected chi connectivity index (χ3v) is 6.18. The van der Waals surface area contributed by atoms with Crippen LogP contribution in [0.15, 0.2) is 48.5 Å². The van der Waals surface area contributed by atoms with E-state index in [1.807, 2.05) is 17.9 Å². The summed E-state index contributed by atoms with van der Waals surface area (Å²) in [6, 6.07) is 13.9. The highest BCUT2D eigenvalue weighted by atomic mass is 19.1. The Morgan fingerprint density at radius 3 is 2.56 bits per heavy atom. The molecule has 0 spiro atoms. The van der Waals surface area contributed by atoms with Crippen LogP contribution in [0.2, 0.25) is 0 Å². The molecule has 2 atom stereocenters. The lowest BCUT2D eigenvalue weighted by atomic mass is 10.1. The highest BCUT2D eigenvalue weighted by Crippen LogP contribution is 2.23. The summed E-state index contributed by atoms with van der Waals surface area (Å²) in [5.41, 5.74) is 2.22. The summed E-state index contributed by atoms with van der Waals surface area (Å²) in [4.78, 5) is 32.1. The molecular formula is C26H30FN3O4. The second kappa shape index (κ2) is 10.3. The number of amides is 1. The first-order chi connectivity index (χ1) is 16.3. The van der Waals surface area contributed by atoms with Gasteiger partial charge in [0.15, 0.2) is 6.61 Å². The number of carbonyl (C=O) groups excluding carboxylic acids is 2. The molecule has 7 nitrogen and oxygen atoms in total. The number of nitrogens with one attached hydrogen (secondary N) is 1. The van der Waals surface area contributed by atoms with E-state index in [1.54, 1.807) is 37.3 Å². The van der Waals surface area contributed by atoms with Gasteiger partial charge in [0.05, 0.1) is 6.61 Å². The van der Waals surface area contributed by atoms with Gasteiger partial charge in [0.2, 0.25) is 0 Å². The van der Waals surface area contributed by atoms with Crippen LogP contribution in [0.25, 0.3) is 10.9 Å². The Bertz CT molecular complexity index is 1160. The Morgan fingerprint density at radius 1 is 1.06 bits per heavy atom. The molecule has 0 radical (unpaired) electrons. The van der Waals surface area contributed by atoms with Gasteiger partial charge in [-0.2, -0.15) is 0 Å². The van der Waals surface area contributed by atoms with Crippen LogP contribution in [0, 0.1) is 5.82 Å². The van der Waals surface area contributed by atoms with E-state index in [0.717, 1.165) is 29.6 Å². The van der Waals surface area contributed by atoms with Crippen molar-refractivity contribution in [3.63, 3.8) is 0 Å². The van der Waals surface area contributed by atoms with Gasteiger partial charge in [0.25, 0.3) is 5.91 Å². The molecule has 3 aromatic rings. The Hall–Kier alpha value is -3.39. The van der Waals surface area contributed by atoms with E-state index >= 15 is 0 Å². The zero-order chi connectivity index (χ0) is 24.2. The maximum absolute atomic E-state index is 13.2. The lowest BCUT2D eigenvalue weighted by Gasteiger charge is -2.44. The molecule has 180 valence electrons. The average molecular weight is 468 g/mol. The molecule has 1 fully saturated rings. The van der Waals surface area contributed by atoms with E-state index in [0.29, 0.717) is 24.6 Å². The van der Waals surface area contributed by atoms with Gasteiger partial charge in [-0.3, -0.25) is 9.69 Å². The summed E-state index contributed by atoms with van der Waals surface area (Å²) in [5.74, 6) is -0.151. The van der Waals surface area contributed by atoms with Crippen LogP contribution in [0.4, 0.5) is 4.39 Å². The van der Waals surface area contributed by atoms with E-state index in [2.05, 4.69) is 16.8 Å². The van der Waals surface area contributed by atoms with E-state index in [1.165, 1.54) is 12.1 Å². The van der Waals surface area contributed by atoms with E-state index in [-0.39, 0.29) is 30.4 Å². The van der Waals surface area contributed by atoms with E-state index in [9.17, 15) is 14.0 Å². The number of fused-ring (bicyclic) bond motifs is 1. The summed E-state index contributed by atoms with van der Waals surface area (Å²) in [6.07, 6.45) is 0. The fraction of sp³-hybridized carbons (Fsp3) is 0.385.